The molecule has 0 saturated heterocycles. The molecule has 1 N–H and O–H groups in total. The molecule has 0 atom stereocenters. The van der Waals surface area contributed by atoms with Crippen LogP contribution in [0, 0.1) is 0 Å². The number of rotatable bonds is 4. The fraction of sp³-hybridized carbons (Fsp3) is 1.00. The topological polar surface area (TPSA) is 97.7 Å². The molecule has 0 rings (SSSR count). The fourth-order valence-electron chi connectivity index (χ4n) is 0.232. The van der Waals surface area contributed by atoms with E-state index in [4.69, 9.17) is 4.55 Å². The van der Waals surface area contributed by atoms with Gasteiger partial charge in [-0.25, -0.2) is 0 Å². The molecule has 0 fully saturated rings. The minimum atomic E-state index is -4.56. The Morgan fingerprint density at radius 1 is 1.27 bits per heavy atom. The van der Waals surface area contributed by atoms with E-state index in [1.54, 1.807) is 0 Å². The van der Waals surface area contributed by atoms with Crippen LogP contribution < -0.4 is 0 Å². The quantitative estimate of drug-likeness (QED) is 0.492. The van der Waals surface area contributed by atoms with E-state index in [0.29, 0.717) is 0 Å². The third-order valence-corrected chi connectivity index (χ3v) is 2.21. The Bertz CT molecular complexity index is 267. The van der Waals surface area contributed by atoms with Crippen LogP contribution in [0.5, 0.6) is 0 Å². The molecule has 0 aliphatic heterocycles. The fourth-order valence-corrected chi connectivity index (χ4v) is 1.14. The standard InChI is InChI=1S/C2H5O6S2.Cu/c3-9(4)2-1-8-10(5,6)7;/h1-2H2,(H,5,6,7);. The average molecular weight is 253 g/mol. The van der Waals surface area contributed by atoms with Crippen LogP contribution in [0.2, 0.25) is 0 Å². The molecule has 9 heteroatoms. The van der Waals surface area contributed by atoms with Crippen molar-refractivity contribution in [3.05, 3.63) is 0 Å². The van der Waals surface area contributed by atoms with E-state index >= 15 is 0 Å². The van der Waals surface area contributed by atoms with Gasteiger partial charge in [0.1, 0.15) is 0 Å². The predicted molar refractivity (Wildman–Crippen MR) is 31.3 cm³/mol. The first-order chi connectivity index (χ1) is 4.71. The first-order valence-corrected chi connectivity index (χ1v) is 6.22. The zero-order valence-corrected chi connectivity index (χ0v) is 7.60. The predicted octanol–water partition coefficient (Wildman–Crippen LogP) is -1.32. The summed E-state index contributed by atoms with van der Waals surface area (Å²) in [7, 11) is -8.24. The molecule has 0 aliphatic carbocycles. The summed E-state index contributed by atoms with van der Waals surface area (Å²) in [4.78, 5) is 0. The first kappa shape index (κ1) is 11.3. The van der Waals surface area contributed by atoms with E-state index in [1.165, 1.54) is 0 Å². The molecule has 0 saturated carbocycles. The zero-order chi connectivity index (χ0) is 9.12. The monoisotopic (exact) mass is 252 g/mol. The minimum absolute atomic E-state index is 0.632. The van der Waals surface area contributed by atoms with Crippen LogP contribution in [0.4, 0.5) is 0 Å². The number of hydrogen-bond donors (Lipinski definition) is 1. The van der Waals surface area contributed by atoms with Crippen molar-refractivity contribution >= 4 is 18.7 Å². The van der Waals surface area contributed by atoms with E-state index in [-0.39, 0.29) is 0 Å². The van der Waals surface area contributed by atoms with Gasteiger partial charge in [-0.3, -0.25) is 0 Å². The summed E-state index contributed by atoms with van der Waals surface area (Å²) in [6, 6.07) is 0. The Balaban J connectivity index is 3.79. The summed E-state index contributed by atoms with van der Waals surface area (Å²) >= 11 is 4.04. The molecular formula is C2H5CuO6S2. The van der Waals surface area contributed by atoms with E-state index in [0.717, 1.165) is 0 Å². The van der Waals surface area contributed by atoms with Crippen LogP contribution in [0.3, 0.4) is 0 Å². The Morgan fingerprint density at radius 2 is 1.73 bits per heavy atom. The van der Waals surface area contributed by atoms with Gasteiger partial charge in [-0.15, -0.1) is 0 Å². The van der Waals surface area contributed by atoms with Crippen molar-refractivity contribution in [1.82, 2.24) is 0 Å². The molecule has 0 amide bonds. The van der Waals surface area contributed by atoms with E-state index in [2.05, 4.69) is 19.1 Å². The molecule has 6 nitrogen and oxygen atoms in total. The van der Waals surface area contributed by atoms with Gasteiger partial charge in [0.15, 0.2) is 0 Å². The molecule has 72 valence electrons. The van der Waals surface area contributed by atoms with Crippen molar-refractivity contribution in [2.24, 2.45) is 0 Å². The summed E-state index contributed by atoms with van der Waals surface area (Å²) in [5, 5.41) is 0. The van der Waals surface area contributed by atoms with Crippen LogP contribution in [-0.2, 0) is 37.7 Å². The summed E-state index contributed by atoms with van der Waals surface area (Å²) in [6.45, 7) is -0.667. The molecule has 0 aliphatic rings. The zero-order valence-electron chi connectivity index (χ0n) is 5.02. The molecule has 0 aromatic heterocycles. The van der Waals surface area contributed by atoms with E-state index in [1.807, 2.05) is 0 Å². The van der Waals surface area contributed by atoms with Crippen LogP contribution in [-0.4, -0.2) is 33.7 Å². The van der Waals surface area contributed by atoms with Crippen LogP contribution in [0.1, 0.15) is 0 Å². The summed E-state index contributed by atoms with van der Waals surface area (Å²) in [5.41, 5.74) is 0. The van der Waals surface area contributed by atoms with E-state index in [9.17, 15) is 16.8 Å². The normalized spacial score (nSPS) is 13.4. The summed E-state index contributed by atoms with van der Waals surface area (Å²) in [5.74, 6) is -0.632. The van der Waals surface area contributed by atoms with Crippen molar-refractivity contribution < 1.29 is 40.5 Å². The van der Waals surface area contributed by atoms with Gasteiger partial charge >= 0.3 is 71.5 Å². The second-order valence-electron chi connectivity index (χ2n) is 1.45. The van der Waals surface area contributed by atoms with Gasteiger partial charge in [0, 0.05) is 0 Å². The van der Waals surface area contributed by atoms with Crippen molar-refractivity contribution in [1.29, 1.82) is 0 Å². The molecule has 0 spiro atoms. The Hall–Kier alpha value is 0.339. The summed E-state index contributed by atoms with van der Waals surface area (Å²) < 4.78 is 51.6. The molecule has 0 radical (unpaired) electrons. The van der Waals surface area contributed by atoms with Crippen LogP contribution >= 0.6 is 0 Å². The third kappa shape index (κ3) is 10.3. The molecule has 0 aromatic carbocycles. The maximum absolute atomic E-state index is 10.2. The van der Waals surface area contributed by atoms with Gasteiger partial charge in [0.2, 0.25) is 0 Å². The second kappa shape index (κ2) is 3.83. The Kier molecular flexibility index (Phi) is 3.95. The molecular weight excluding hydrogens is 248 g/mol. The Morgan fingerprint density at radius 3 is 2.00 bits per heavy atom. The van der Waals surface area contributed by atoms with Crippen molar-refractivity contribution in [3.63, 3.8) is 0 Å². The second-order valence-corrected chi connectivity index (χ2v) is 5.68. The van der Waals surface area contributed by atoms with Gasteiger partial charge < -0.3 is 0 Å². The van der Waals surface area contributed by atoms with Crippen LogP contribution in [0.15, 0.2) is 0 Å². The third-order valence-electron chi connectivity index (χ3n) is 0.544. The number of hydrogen-bond acceptors (Lipinski definition) is 5. The van der Waals surface area contributed by atoms with Crippen molar-refractivity contribution in [2.75, 3.05) is 12.4 Å². The van der Waals surface area contributed by atoms with Crippen molar-refractivity contribution in [3.8, 4) is 0 Å². The molecule has 0 unspecified atom stereocenters. The van der Waals surface area contributed by atoms with Gasteiger partial charge in [-0.2, -0.15) is 0 Å². The van der Waals surface area contributed by atoms with Gasteiger partial charge in [-0.05, 0) is 0 Å². The molecule has 0 heterocycles. The van der Waals surface area contributed by atoms with Gasteiger partial charge in [0.05, 0.1) is 0 Å². The molecule has 0 bridgehead atoms. The average Bonchev–Trinajstić information content (AvgIpc) is 1.55. The van der Waals surface area contributed by atoms with Crippen LogP contribution in [0.25, 0.3) is 0 Å². The molecule has 0 aromatic rings. The summed E-state index contributed by atoms with van der Waals surface area (Å²) in [6.07, 6.45) is 0. The SMILES string of the molecule is O=[S](=O)([Cu])CCOS(=O)(=O)O. The molecule has 11 heavy (non-hydrogen) atoms. The first-order valence-electron chi connectivity index (χ1n) is 2.22. The van der Waals surface area contributed by atoms with Crippen molar-refractivity contribution in [2.45, 2.75) is 0 Å². The Labute approximate surface area is 71.7 Å². The maximum atomic E-state index is 10.2. The van der Waals surface area contributed by atoms with Gasteiger partial charge in [0.25, 0.3) is 0 Å². The van der Waals surface area contributed by atoms with Gasteiger partial charge in [-0.1, -0.05) is 0 Å². The van der Waals surface area contributed by atoms with E-state index < -0.39 is 31.0 Å².